The predicted octanol–water partition coefficient (Wildman–Crippen LogP) is 3.60. The minimum atomic E-state index is -0.130. The van der Waals surface area contributed by atoms with Crippen molar-refractivity contribution in [2.24, 2.45) is 5.41 Å². The van der Waals surface area contributed by atoms with Gasteiger partial charge in [0.1, 0.15) is 5.82 Å². The Labute approximate surface area is 122 Å². The van der Waals surface area contributed by atoms with E-state index in [4.69, 9.17) is 0 Å². The van der Waals surface area contributed by atoms with E-state index >= 15 is 0 Å². The van der Waals surface area contributed by atoms with Crippen LogP contribution in [0.25, 0.3) is 0 Å². The zero-order valence-electron chi connectivity index (χ0n) is 13.2. The molecule has 1 aromatic carbocycles. The standard InChI is InChI=1S/C17H27FN2/c1-5-17(4,11-19-13(2)3)12-20-9-8-14-6-7-15(18)10-16(14)20/h6-7,10,13,19H,5,8-9,11-12H2,1-4H3. The maximum Gasteiger partial charge on any atom is 0.125 e. The summed E-state index contributed by atoms with van der Waals surface area (Å²) in [6.45, 7) is 11.9. The Kier molecular flexibility index (Phi) is 4.69. The third kappa shape index (κ3) is 3.51. The third-order valence-electron chi connectivity index (χ3n) is 4.40. The van der Waals surface area contributed by atoms with Crippen LogP contribution in [0.1, 0.15) is 39.7 Å². The molecule has 112 valence electrons. The van der Waals surface area contributed by atoms with Crippen molar-refractivity contribution in [3.63, 3.8) is 0 Å². The van der Waals surface area contributed by atoms with Crippen molar-refractivity contribution in [1.29, 1.82) is 0 Å². The van der Waals surface area contributed by atoms with Gasteiger partial charge in [0.05, 0.1) is 0 Å². The van der Waals surface area contributed by atoms with Gasteiger partial charge in [-0.1, -0.05) is 33.8 Å². The van der Waals surface area contributed by atoms with Gasteiger partial charge in [0.2, 0.25) is 0 Å². The number of hydrogen-bond acceptors (Lipinski definition) is 2. The molecule has 2 nitrogen and oxygen atoms in total. The fourth-order valence-electron chi connectivity index (χ4n) is 2.79. The van der Waals surface area contributed by atoms with Gasteiger partial charge in [-0.25, -0.2) is 4.39 Å². The van der Waals surface area contributed by atoms with Crippen molar-refractivity contribution in [2.75, 3.05) is 24.5 Å². The van der Waals surface area contributed by atoms with Crippen LogP contribution in [0.3, 0.4) is 0 Å². The number of rotatable bonds is 6. The van der Waals surface area contributed by atoms with Crippen molar-refractivity contribution in [2.45, 2.75) is 46.6 Å². The summed E-state index contributed by atoms with van der Waals surface area (Å²) in [5, 5.41) is 3.55. The summed E-state index contributed by atoms with van der Waals surface area (Å²) >= 11 is 0. The molecule has 0 saturated heterocycles. The van der Waals surface area contributed by atoms with E-state index in [1.54, 1.807) is 12.1 Å². The summed E-state index contributed by atoms with van der Waals surface area (Å²) in [7, 11) is 0. The zero-order chi connectivity index (χ0) is 14.8. The van der Waals surface area contributed by atoms with Crippen molar-refractivity contribution < 1.29 is 4.39 Å². The smallest absolute Gasteiger partial charge is 0.125 e. The largest absolute Gasteiger partial charge is 0.370 e. The molecule has 1 atom stereocenters. The first kappa shape index (κ1) is 15.3. The van der Waals surface area contributed by atoms with E-state index in [0.717, 1.165) is 38.2 Å². The Morgan fingerprint density at radius 3 is 2.80 bits per heavy atom. The number of anilines is 1. The summed E-state index contributed by atoms with van der Waals surface area (Å²) in [4.78, 5) is 2.35. The van der Waals surface area contributed by atoms with Crippen molar-refractivity contribution in [3.05, 3.63) is 29.6 Å². The maximum atomic E-state index is 13.5. The highest BCUT2D eigenvalue weighted by Crippen LogP contribution is 2.32. The van der Waals surface area contributed by atoms with Crippen molar-refractivity contribution >= 4 is 5.69 Å². The lowest BCUT2D eigenvalue weighted by Gasteiger charge is -2.35. The molecule has 0 aromatic heterocycles. The van der Waals surface area contributed by atoms with E-state index in [-0.39, 0.29) is 11.2 Å². The molecule has 0 saturated carbocycles. The number of nitrogens with zero attached hydrogens (tertiary/aromatic N) is 1. The molecule has 1 heterocycles. The molecule has 0 spiro atoms. The van der Waals surface area contributed by atoms with E-state index in [2.05, 4.69) is 37.9 Å². The normalized spacial score (nSPS) is 17.4. The highest BCUT2D eigenvalue weighted by atomic mass is 19.1. The molecule has 0 radical (unpaired) electrons. The van der Waals surface area contributed by atoms with Gasteiger partial charge < -0.3 is 10.2 Å². The van der Waals surface area contributed by atoms with E-state index < -0.39 is 0 Å². The molecule has 0 bridgehead atoms. The summed E-state index contributed by atoms with van der Waals surface area (Å²) in [5.74, 6) is -0.130. The van der Waals surface area contributed by atoms with Gasteiger partial charge in [0, 0.05) is 31.4 Å². The van der Waals surface area contributed by atoms with Crippen molar-refractivity contribution in [3.8, 4) is 0 Å². The van der Waals surface area contributed by atoms with Crippen LogP contribution in [-0.4, -0.2) is 25.7 Å². The minimum Gasteiger partial charge on any atom is -0.370 e. The second-order valence-corrected chi connectivity index (χ2v) is 6.64. The molecule has 1 aliphatic rings. The lowest BCUT2D eigenvalue weighted by molar-refractivity contribution is 0.287. The number of benzene rings is 1. The molecule has 2 rings (SSSR count). The molecule has 1 aromatic rings. The molecule has 3 heteroatoms. The average molecular weight is 278 g/mol. The molecule has 0 aliphatic carbocycles. The van der Waals surface area contributed by atoms with Crippen LogP contribution in [0.5, 0.6) is 0 Å². The first-order valence-corrected chi connectivity index (χ1v) is 7.70. The van der Waals surface area contributed by atoms with Crippen LogP contribution in [0.2, 0.25) is 0 Å². The molecular weight excluding hydrogens is 251 g/mol. The van der Waals surface area contributed by atoms with Crippen LogP contribution in [0.4, 0.5) is 10.1 Å². The van der Waals surface area contributed by atoms with Crippen LogP contribution in [-0.2, 0) is 6.42 Å². The van der Waals surface area contributed by atoms with E-state index in [0.29, 0.717) is 6.04 Å². The van der Waals surface area contributed by atoms with Gasteiger partial charge in [-0.2, -0.15) is 0 Å². The Morgan fingerprint density at radius 1 is 1.40 bits per heavy atom. The van der Waals surface area contributed by atoms with Crippen LogP contribution >= 0.6 is 0 Å². The number of fused-ring (bicyclic) bond motifs is 1. The molecule has 0 fully saturated rings. The summed E-state index contributed by atoms with van der Waals surface area (Å²) in [6.07, 6.45) is 2.15. The number of hydrogen-bond donors (Lipinski definition) is 1. The minimum absolute atomic E-state index is 0.130. The molecular formula is C17H27FN2. The summed E-state index contributed by atoms with van der Waals surface area (Å²) in [6, 6.07) is 5.69. The van der Waals surface area contributed by atoms with Gasteiger partial charge in [-0.3, -0.25) is 0 Å². The fourth-order valence-corrected chi connectivity index (χ4v) is 2.79. The monoisotopic (exact) mass is 278 g/mol. The lowest BCUT2D eigenvalue weighted by Crippen LogP contribution is -2.43. The fraction of sp³-hybridized carbons (Fsp3) is 0.647. The first-order chi connectivity index (χ1) is 9.43. The second kappa shape index (κ2) is 6.13. The van der Waals surface area contributed by atoms with Gasteiger partial charge >= 0.3 is 0 Å². The van der Waals surface area contributed by atoms with Crippen molar-refractivity contribution in [1.82, 2.24) is 5.32 Å². The van der Waals surface area contributed by atoms with E-state index in [1.165, 1.54) is 5.56 Å². The lowest BCUT2D eigenvalue weighted by atomic mass is 9.86. The van der Waals surface area contributed by atoms with Crippen LogP contribution < -0.4 is 10.2 Å². The average Bonchev–Trinajstić information content (AvgIpc) is 2.79. The Hall–Kier alpha value is -1.09. The Bertz CT molecular complexity index is 458. The molecule has 0 amide bonds. The Balaban J connectivity index is 2.08. The highest BCUT2D eigenvalue weighted by molar-refractivity contribution is 5.58. The second-order valence-electron chi connectivity index (χ2n) is 6.64. The Morgan fingerprint density at radius 2 is 2.15 bits per heavy atom. The highest BCUT2D eigenvalue weighted by Gasteiger charge is 2.29. The van der Waals surface area contributed by atoms with Gasteiger partial charge in [-0.15, -0.1) is 0 Å². The number of nitrogens with one attached hydrogen (secondary N) is 1. The maximum absolute atomic E-state index is 13.5. The summed E-state index contributed by atoms with van der Waals surface area (Å²) in [5.41, 5.74) is 2.59. The van der Waals surface area contributed by atoms with Gasteiger partial charge in [-0.05, 0) is 36.0 Å². The molecule has 20 heavy (non-hydrogen) atoms. The quantitative estimate of drug-likeness (QED) is 0.855. The first-order valence-electron chi connectivity index (χ1n) is 7.70. The van der Waals surface area contributed by atoms with Crippen LogP contribution in [0.15, 0.2) is 18.2 Å². The van der Waals surface area contributed by atoms with E-state index in [9.17, 15) is 4.39 Å². The molecule has 1 unspecified atom stereocenters. The molecule has 1 aliphatic heterocycles. The van der Waals surface area contributed by atoms with Crippen LogP contribution in [0, 0.1) is 11.2 Å². The van der Waals surface area contributed by atoms with E-state index in [1.807, 2.05) is 6.07 Å². The van der Waals surface area contributed by atoms with Gasteiger partial charge in [0.15, 0.2) is 0 Å². The third-order valence-corrected chi connectivity index (χ3v) is 4.40. The summed E-state index contributed by atoms with van der Waals surface area (Å²) < 4.78 is 13.5. The SMILES string of the molecule is CCC(C)(CNC(C)C)CN1CCc2ccc(F)cc21. The predicted molar refractivity (Wildman–Crippen MR) is 83.9 cm³/mol. The number of halogens is 1. The van der Waals surface area contributed by atoms with Gasteiger partial charge in [0.25, 0.3) is 0 Å². The molecule has 1 N–H and O–H groups in total. The zero-order valence-corrected chi connectivity index (χ0v) is 13.2. The topological polar surface area (TPSA) is 15.3 Å².